The standard InChI is InChI=1S/C15H23NO2S/c1-15(2,3)7-8-18-10-11-5-6-13(17-4)12(9-11)14(16)19/h5-6,9H,7-8,10H2,1-4H3,(H2,16,19). The number of ether oxygens (including phenoxy) is 2. The maximum atomic E-state index is 5.68. The normalized spacial score (nSPS) is 11.4. The predicted molar refractivity (Wildman–Crippen MR) is 82.6 cm³/mol. The number of thiocarbonyl (C=S) groups is 1. The molecule has 0 aromatic heterocycles. The monoisotopic (exact) mass is 281 g/mol. The van der Waals surface area contributed by atoms with Crippen molar-refractivity contribution in [1.29, 1.82) is 0 Å². The summed E-state index contributed by atoms with van der Waals surface area (Å²) in [6.07, 6.45) is 1.03. The lowest BCUT2D eigenvalue weighted by Crippen LogP contribution is -2.12. The van der Waals surface area contributed by atoms with E-state index in [1.807, 2.05) is 18.2 Å². The van der Waals surface area contributed by atoms with Crippen molar-refractivity contribution >= 4 is 17.2 Å². The Kier molecular flexibility index (Phi) is 5.76. The van der Waals surface area contributed by atoms with Crippen LogP contribution in [0.2, 0.25) is 0 Å². The summed E-state index contributed by atoms with van der Waals surface area (Å²) in [6.45, 7) is 7.92. The Morgan fingerprint density at radius 1 is 1.32 bits per heavy atom. The lowest BCUT2D eigenvalue weighted by molar-refractivity contribution is 0.0962. The molecule has 0 aliphatic heterocycles. The van der Waals surface area contributed by atoms with Gasteiger partial charge in [-0.2, -0.15) is 0 Å². The molecule has 0 amide bonds. The van der Waals surface area contributed by atoms with E-state index in [2.05, 4.69) is 20.8 Å². The zero-order chi connectivity index (χ0) is 14.5. The summed E-state index contributed by atoms with van der Waals surface area (Å²) >= 11 is 5.02. The Morgan fingerprint density at radius 2 is 2.00 bits per heavy atom. The van der Waals surface area contributed by atoms with Crippen molar-refractivity contribution in [3.8, 4) is 5.75 Å². The van der Waals surface area contributed by atoms with Gasteiger partial charge in [0.2, 0.25) is 0 Å². The molecule has 0 atom stereocenters. The largest absolute Gasteiger partial charge is 0.496 e. The van der Waals surface area contributed by atoms with Gasteiger partial charge >= 0.3 is 0 Å². The third-order valence-corrected chi connectivity index (χ3v) is 3.01. The molecular formula is C15H23NO2S. The van der Waals surface area contributed by atoms with Crippen LogP contribution in [0.5, 0.6) is 5.75 Å². The molecule has 0 saturated heterocycles. The maximum Gasteiger partial charge on any atom is 0.129 e. The van der Waals surface area contributed by atoms with Crippen LogP contribution in [-0.4, -0.2) is 18.7 Å². The summed E-state index contributed by atoms with van der Waals surface area (Å²) in [5.74, 6) is 0.700. The summed E-state index contributed by atoms with van der Waals surface area (Å²) < 4.78 is 10.9. The van der Waals surface area contributed by atoms with Crippen LogP contribution in [0.15, 0.2) is 18.2 Å². The molecule has 0 aliphatic carbocycles. The minimum Gasteiger partial charge on any atom is -0.496 e. The maximum absolute atomic E-state index is 5.68. The van der Waals surface area contributed by atoms with Crippen LogP contribution >= 0.6 is 12.2 Å². The molecule has 106 valence electrons. The average Bonchev–Trinajstić information content (AvgIpc) is 2.33. The minimum absolute atomic E-state index is 0.296. The quantitative estimate of drug-likeness (QED) is 0.642. The highest BCUT2D eigenvalue weighted by molar-refractivity contribution is 7.80. The van der Waals surface area contributed by atoms with Crippen molar-refractivity contribution in [2.75, 3.05) is 13.7 Å². The third-order valence-electron chi connectivity index (χ3n) is 2.79. The van der Waals surface area contributed by atoms with Gasteiger partial charge in [-0.25, -0.2) is 0 Å². The van der Waals surface area contributed by atoms with Gasteiger partial charge in [-0.1, -0.05) is 39.1 Å². The molecule has 1 rings (SSSR count). The highest BCUT2D eigenvalue weighted by Gasteiger charge is 2.10. The van der Waals surface area contributed by atoms with Crippen LogP contribution in [0.1, 0.15) is 38.3 Å². The van der Waals surface area contributed by atoms with Crippen LogP contribution < -0.4 is 10.5 Å². The fraction of sp³-hybridized carbons (Fsp3) is 0.533. The average molecular weight is 281 g/mol. The summed E-state index contributed by atoms with van der Waals surface area (Å²) in [6, 6.07) is 5.77. The van der Waals surface area contributed by atoms with Gasteiger partial charge in [-0.3, -0.25) is 0 Å². The second kappa shape index (κ2) is 6.87. The van der Waals surface area contributed by atoms with Gasteiger partial charge in [0.25, 0.3) is 0 Å². The molecule has 19 heavy (non-hydrogen) atoms. The fourth-order valence-corrected chi connectivity index (χ4v) is 1.77. The number of hydrogen-bond acceptors (Lipinski definition) is 3. The minimum atomic E-state index is 0.296. The van der Waals surface area contributed by atoms with E-state index < -0.39 is 0 Å². The fourth-order valence-electron chi connectivity index (χ4n) is 1.61. The third kappa shape index (κ3) is 5.57. The van der Waals surface area contributed by atoms with Gasteiger partial charge in [0.1, 0.15) is 10.7 Å². The molecule has 0 fully saturated rings. The summed E-state index contributed by atoms with van der Waals surface area (Å²) in [7, 11) is 1.61. The summed E-state index contributed by atoms with van der Waals surface area (Å²) in [4.78, 5) is 0.341. The first-order valence-electron chi connectivity index (χ1n) is 6.38. The van der Waals surface area contributed by atoms with Crippen molar-refractivity contribution in [1.82, 2.24) is 0 Å². The van der Waals surface area contributed by atoms with E-state index in [0.717, 1.165) is 24.2 Å². The first kappa shape index (κ1) is 15.9. The van der Waals surface area contributed by atoms with Crippen LogP contribution in [0.4, 0.5) is 0 Å². The topological polar surface area (TPSA) is 44.5 Å². The van der Waals surface area contributed by atoms with Crippen LogP contribution in [0.3, 0.4) is 0 Å². The van der Waals surface area contributed by atoms with E-state index in [1.54, 1.807) is 7.11 Å². The van der Waals surface area contributed by atoms with E-state index in [1.165, 1.54) is 0 Å². The van der Waals surface area contributed by atoms with E-state index in [4.69, 9.17) is 27.4 Å². The lowest BCUT2D eigenvalue weighted by atomic mass is 9.93. The van der Waals surface area contributed by atoms with E-state index in [0.29, 0.717) is 22.8 Å². The highest BCUT2D eigenvalue weighted by atomic mass is 32.1. The Labute approximate surface area is 121 Å². The Balaban J connectivity index is 2.60. The molecule has 0 aliphatic rings. The number of benzene rings is 1. The second-order valence-corrected chi connectivity index (χ2v) is 6.20. The van der Waals surface area contributed by atoms with Gasteiger partial charge in [0.15, 0.2) is 0 Å². The van der Waals surface area contributed by atoms with E-state index in [9.17, 15) is 0 Å². The Morgan fingerprint density at radius 3 is 2.53 bits per heavy atom. The molecule has 2 N–H and O–H groups in total. The van der Waals surface area contributed by atoms with Gasteiger partial charge < -0.3 is 15.2 Å². The van der Waals surface area contributed by atoms with Gasteiger partial charge in [-0.05, 0) is 29.5 Å². The zero-order valence-electron chi connectivity index (χ0n) is 12.2. The smallest absolute Gasteiger partial charge is 0.129 e. The molecule has 0 heterocycles. The molecule has 0 spiro atoms. The van der Waals surface area contributed by atoms with Crippen LogP contribution in [0.25, 0.3) is 0 Å². The molecule has 0 saturated carbocycles. The molecule has 1 aromatic rings. The number of methoxy groups -OCH3 is 1. The van der Waals surface area contributed by atoms with Crippen molar-refractivity contribution in [3.05, 3.63) is 29.3 Å². The van der Waals surface area contributed by atoms with Gasteiger partial charge in [-0.15, -0.1) is 0 Å². The Bertz CT molecular complexity index is 438. The molecule has 0 radical (unpaired) electrons. The molecular weight excluding hydrogens is 258 g/mol. The van der Waals surface area contributed by atoms with E-state index in [-0.39, 0.29) is 0 Å². The molecule has 0 unspecified atom stereocenters. The highest BCUT2D eigenvalue weighted by Crippen LogP contribution is 2.21. The molecule has 0 bridgehead atoms. The molecule has 1 aromatic carbocycles. The molecule has 4 heteroatoms. The van der Waals surface area contributed by atoms with Crippen molar-refractivity contribution in [3.63, 3.8) is 0 Å². The molecule has 3 nitrogen and oxygen atoms in total. The lowest BCUT2D eigenvalue weighted by Gasteiger charge is -2.17. The first-order valence-corrected chi connectivity index (χ1v) is 6.79. The number of hydrogen-bond donors (Lipinski definition) is 1. The van der Waals surface area contributed by atoms with Crippen LogP contribution in [-0.2, 0) is 11.3 Å². The number of nitrogens with two attached hydrogens (primary N) is 1. The van der Waals surface area contributed by atoms with Crippen molar-refractivity contribution < 1.29 is 9.47 Å². The number of rotatable bonds is 6. The van der Waals surface area contributed by atoms with Gasteiger partial charge in [0.05, 0.1) is 19.3 Å². The van der Waals surface area contributed by atoms with Crippen molar-refractivity contribution in [2.24, 2.45) is 11.1 Å². The Hall–Kier alpha value is -1.13. The summed E-state index contributed by atoms with van der Waals surface area (Å²) in [5.41, 5.74) is 7.79. The second-order valence-electron chi connectivity index (χ2n) is 5.76. The zero-order valence-corrected chi connectivity index (χ0v) is 13.0. The first-order chi connectivity index (χ1) is 8.83. The van der Waals surface area contributed by atoms with Crippen LogP contribution in [0, 0.1) is 5.41 Å². The van der Waals surface area contributed by atoms with Crippen molar-refractivity contribution in [2.45, 2.75) is 33.8 Å². The van der Waals surface area contributed by atoms with Gasteiger partial charge in [0, 0.05) is 6.61 Å². The predicted octanol–water partition coefficient (Wildman–Crippen LogP) is 3.28. The SMILES string of the molecule is COc1ccc(COCCC(C)(C)C)cc1C(N)=S. The van der Waals surface area contributed by atoms with E-state index >= 15 is 0 Å². The summed E-state index contributed by atoms with van der Waals surface area (Å²) in [5, 5.41) is 0.